The zero-order chi connectivity index (χ0) is 71.3. The summed E-state index contributed by atoms with van der Waals surface area (Å²) in [6.45, 7) is 3.29. The molecule has 0 radical (unpaired) electrons. The molecule has 27 heteroatoms. The number of halogens is 2. The van der Waals surface area contributed by atoms with Gasteiger partial charge in [0.15, 0.2) is 11.2 Å². The molecule has 10 atom stereocenters. The average Bonchev–Trinajstić information content (AvgIpc) is 1.53. The van der Waals surface area contributed by atoms with E-state index in [0.717, 1.165) is 80.5 Å². The first-order chi connectivity index (χ1) is 47.5. The molecule has 13 rings (SSSR count). The van der Waals surface area contributed by atoms with Crippen molar-refractivity contribution in [2.75, 3.05) is 97.1 Å². The number of carbonyl (C=O) groups is 5. The summed E-state index contributed by atoms with van der Waals surface area (Å²) in [4.78, 5) is 73.7. The SMILES string of the molecule is CN1CC/C=C/[C@H](OCC(=O)O)[C@@H]2CC[C@H]2CN2C[C@@]3(CCCc4cc(Cl)ccc43)COc3ccc(cc32)[C@@](O)(C(=O)NS(=O)(=O)C2CC2)CC1=O.CN1CCCC[C@H](O)[C@@H]2CC[C@H]2CN2C[C@@]3(CCCc4cc(Cl)ccc43)COc3ccc(cc32)[C@@](O)(C(=O)NS(=O)(=O)N(C)C)CC1=O. The van der Waals surface area contributed by atoms with Crippen molar-refractivity contribution < 1.29 is 75.4 Å². The molecule has 4 aliphatic heterocycles. The molecule has 9 aliphatic rings. The number of hydrogen-bond acceptors (Lipinski definition) is 17. The monoisotopic (exact) mass is 1460 g/mol. The van der Waals surface area contributed by atoms with E-state index >= 15 is 0 Å². The van der Waals surface area contributed by atoms with E-state index in [1.807, 2.05) is 41.1 Å². The van der Waals surface area contributed by atoms with E-state index in [9.17, 15) is 61.2 Å². The summed E-state index contributed by atoms with van der Waals surface area (Å²) in [7, 11) is -2.63. The molecule has 23 nitrogen and oxygen atoms in total. The van der Waals surface area contributed by atoms with Gasteiger partial charge >= 0.3 is 16.2 Å². The van der Waals surface area contributed by atoms with Crippen LogP contribution in [0.2, 0.25) is 10.0 Å². The second-order valence-electron chi connectivity index (χ2n) is 29.6. The molecule has 4 amide bonds. The highest BCUT2D eigenvalue weighted by atomic mass is 35.5. The zero-order valence-corrected chi connectivity index (χ0v) is 60.4. The number of aliphatic hydroxyl groups is 3. The molecule has 4 heterocycles. The third-order valence-corrected chi connectivity index (χ3v) is 26.4. The molecule has 100 heavy (non-hydrogen) atoms. The maximum atomic E-state index is 13.9. The van der Waals surface area contributed by atoms with Crippen LogP contribution in [0.5, 0.6) is 11.5 Å². The summed E-state index contributed by atoms with van der Waals surface area (Å²) in [6, 6.07) is 21.9. The Balaban J connectivity index is 0.000000190. The van der Waals surface area contributed by atoms with Crippen LogP contribution >= 0.6 is 23.2 Å². The van der Waals surface area contributed by atoms with Gasteiger partial charge in [0, 0.05) is 88.3 Å². The number of carboxylic acid groups (broad SMARTS) is 1. The van der Waals surface area contributed by atoms with Crippen molar-refractivity contribution in [2.24, 2.45) is 23.7 Å². The predicted octanol–water partition coefficient (Wildman–Crippen LogP) is 7.26. The van der Waals surface area contributed by atoms with Gasteiger partial charge in [0.2, 0.25) is 21.8 Å². The quantitative estimate of drug-likeness (QED) is 0.0899. The third kappa shape index (κ3) is 15.3. The van der Waals surface area contributed by atoms with Crippen LogP contribution in [0, 0.1) is 23.7 Å². The lowest BCUT2D eigenvalue weighted by atomic mass is 9.68. The maximum Gasteiger partial charge on any atom is 0.329 e. The fourth-order valence-electron chi connectivity index (χ4n) is 16.3. The van der Waals surface area contributed by atoms with Gasteiger partial charge in [-0.15, -0.1) is 0 Å². The number of nitrogens with one attached hydrogen (secondary N) is 2. The lowest BCUT2D eigenvalue weighted by Crippen LogP contribution is -2.52. The van der Waals surface area contributed by atoms with Crippen LogP contribution in [-0.2, 0) is 83.8 Å². The minimum Gasteiger partial charge on any atom is -0.490 e. The second kappa shape index (κ2) is 29.3. The Bertz CT molecular complexity index is 4070. The molecule has 5 aliphatic carbocycles. The van der Waals surface area contributed by atoms with Gasteiger partial charge < -0.3 is 54.2 Å². The number of carboxylic acids is 1. The molecule has 0 aromatic heterocycles. The number of hydrogen-bond donors (Lipinski definition) is 6. The summed E-state index contributed by atoms with van der Waals surface area (Å²) in [5.74, 6) is -2.88. The number of rotatable bonds is 9. The van der Waals surface area contributed by atoms with Crippen molar-refractivity contribution >= 4 is 84.4 Å². The maximum absolute atomic E-state index is 13.9. The summed E-state index contributed by atoms with van der Waals surface area (Å²) in [5.41, 5.74) is 0.383. The number of sulfonamides is 1. The van der Waals surface area contributed by atoms with Crippen molar-refractivity contribution in [1.82, 2.24) is 23.5 Å². The highest BCUT2D eigenvalue weighted by Gasteiger charge is 2.51. The van der Waals surface area contributed by atoms with Crippen molar-refractivity contribution in [3.05, 3.63) is 128 Å². The average molecular weight is 1460 g/mol. The molecular formula is C73H93Cl2N7O16S2. The minimum absolute atomic E-state index is 0.0300. The van der Waals surface area contributed by atoms with Gasteiger partial charge in [-0.2, -0.15) is 12.7 Å². The molecule has 0 unspecified atom stereocenters. The standard InChI is InChI=1S/C38H46ClN3O9S.C35H47ClN4O7S/c1-41-16-3-2-6-32(50-21-35(44)45)29-12-7-25(29)20-42-22-37(15-4-5-24-17-27(39)9-13-30(24)37)23-51-33-14-8-26(18-31(33)42)38(47,19-34(41)43)36(46)40-52(48,49)28-10-11-28;1-38(2)48(45,46)37-33(43)35(44)19-32(42)39(3)16-5-4-8-30(41)27-12-9-24(27)20-40-21-34(22-47-31-14-10-25(35)18-29(31)40)15-6-7-23-17-26(36)11-13-28(23)34/h2,6,8-9,13-14,17-18,25,28-29,32,47H,3-5,7,10-12,15-16,19-23H2,1H3,(H,40,46)(H,44,45);10-11,13-14,17-18,24,27,30,41,44H,4-9,12,15-16,19-22H2,1-3H3,(H,37,43)/b6-2+;/t25-,29+,32-,37-,38+;24-,27+,30-,34-,35+/m00/s1. The summed E-state index contributed by atoms with van der Waals surface area (Å²) in [5, 5.41) is 45.8. The van der Waals surface area contributed by atoms with Crippen LogP contribution < -0.4 is 28.7 Å². The number of aliphatic carboxylic acids is 1. The molecule has 6 N–H and O–H groups in total. The first kappa shape index (κ1) is 73.2. The largest absolute Gasteiger partial charge is 0.490 e. The van der Waals surface area contributed by atoms with Crippen LogP contribution in [0.25, 0.3) is 0 Å². The molecule has 3 saturated carbocycles. The van der Waals surface area contributed by atoms with Crippen molar-refractivity contribution in [3.8, 4) is 11.5 Å². The minimum atomic E-state index is -4.28. The van der Waals surface area contributed by atoms with Gasteiger partial charge in [-0.1, -0.05) is 59.6 Å². The lowest BCUT2D eigenvalue weighted by molar-refractivity contribution is -0.148. The van der Waals surface area contributed by atoms with Gasteiger partial charge in [-0.3, -0.25) is 23.9 Å². The number of aliphatic hydroxyl groups excluding tert-OH is 1. The van der Waals surface area contributed by atoms with Gasteiger partial charge in [0.1, 0.15) is 18.1 Å². The van der Waals surface area contributed by atoms with Crippen LogP contribution in [0.4, 0.5) is 11.4 Å². The molecule has 4 bridgehead atoms. The highest BCUT2D eigenvalue weighted by molar-refractivity contribution is 7.91. The molecule has 542 valence electrons. The van der Waals surface area contributed by atoms with E-state index in [1.54, 1.807) is 38.4 Å². The smallest absolute Gasteiger partial charge is 0.329 e. The number of amides is 4. The van der Waals surface area contributed by atoms with Crippen LogP contribution in [0.3, 0.4) is 0 Å². The fourth-order valence-corrected chi connectivity index (χ4v) is 18.7. The third-order valence-electron chi connectivity index (χ3n) is 22.7. The van der Waals surface area contributed by atoms with E-state index in [4.69, 9.17) is 37.4 Å². The van der Waals surface area contributed by atoms with Crippen molar-refractivity contribution in [1.29, 1.82) is 0 Å². The van der Waals surface area contributed by atoms with E-state index in [-0.39, 0.29) is 46.8 Å². The van der Waals surface area contributed by atoms with Gasteiger partial charge in [0.05, 0.1) is 54.9 Å². The second-order valence-corrected chi connectivity index (χ2v) is 34.3. The molecule has 0 saturated heterocycles. The van der Waals surface area contributed by atoms with E-state index < -0.39 is 103 Å². The van der Waals surface area contributed by atoms with Gasteiger partial charge in [-0.25, -0.2) is 17.9 Å². The molecule has 4 aromatic rings. The molecule has 4 aromatic carbocycles. The molecular weight excluding hydrogens is 1370 g/mol. The van der Waals surface area contributed by atoms with Crippen LogP contribution in [0.1, 0.15) is 136 Å². The Morgan fingerprint density at radius 1 is 0.650 bits per heavy atom. The zero-order valence-electron chi connectivity index (χ0n) is 57.2. The van der Waals surface area contributed by atoms with Crippen molar-refractivity contribution in [3.63, 3.8) is 0 Å². The first-order valence-corrected chi connectivity index (χ1v) is 38.8. The highest BCUT2D eigenvalue weighted by Crippen LogP contribution is 2.51. The molecule has 3 fully saturated rings. The van der Waals surface area contributed by atoms with E-state index in [2.05, 4.69) is 26.7 Å². The number of aryl methyl sites for hydroxylation is 2. The number of carbonyl (C=O) groups excluding carboxylic acids is 4. The molecule has 2 spiro atoms. The Labute approximate surface area is 595 Å². The number of nitrogens with zero attached hydrogens (tertiary/aromatic N) is 5. The van der Waals surface area contributed by atoms with E-state index in [0.29, 0.717) is 111 Å². The topological polar surface area (TPSA) is 302 Å². The van der Waals surface area contributed by atoms with Crippen molar-refractivity contribution in [2.45, 2.75) is 155 Å². The Morgan fingerprint density at radius 2 is 1.16 bits per heavy atom. The fraction of sp³-hybridized carbons (Fsp3) is 0.575. The lowest BCUT2D eigenvalue weighted by Gasteiger charge is -2.46. The number of benzene rings is 4. The summed E-state index contributed by atoms with van der Waals surface area (Å²) >= 11 is 12.9. The van der Waals surface area contributed by atoms with E-state index in [1.165, 1.54) is 52.7 Å². The number of ether oxygens (including phenoxy) is 3. The number of fused-ring (bicyclic) bond motifs is 8. The Kier molecular flexibility index (Phi) is 21.4. The van der Waals surface area contributed by atoms with Crippen LogP contribution in [-0.4, -0.2) is 186 Å². The van der Waals surface area contributed by atoms with Gasteiger partial charge in [0.25, 0.3) is 11.8 Å². The number of anilines is 2. The first-order valence-electron chi connectivity index (χ1n) is 35.0. The summed E-state index contributed by atoms with van der Waals surface area (Å²) < 4.78 is 75.5. The Morgan fingerprint density at radius 3 is 1.65 bits per heavy atom. The summed E-state index contributed by atoms with van der Waals surface area (Å²) in [6.07, 6.45) is 13.9. The van der Waals surface area contributed by atoms with Crippen LogP contribution in [0.15, 0.2) is 84.9 Å². The van der Waals surface area contributed by atoms with Gasteiger partial charge in [-0.05, 0) is 208 Å². The normalized spacial score (nSPS) is 29.8. The predicted molar refractivity (Wildman–Crippen MR) is 377 cm³/mol. The Hall–Kier alpha value is -6.55.